The molecule has 0 aliphatic carbocycles. The number of hydrogen-bond acceptors (Lipinski definition) is 7. The molecule has 2 aromatic carbocycles. The van der Waals surface area contributed by atoms with Crippen LogP contribution in [0.2, 0.25) is 0 Å². The van der Waals surface area contributed by atoms with Crippen LogP contribution in [0.15, 0.2) is 63.9 Å². The van der Waals surface area contributed by atoms with Gasteiger partial charge in [0.25, 0.3) is 11.5 Å². The Kier molecular flexibility index (Phi) is 5.92. The molecule has 0 atom stereocenters. The van der Waals surface area contributed by atoms with Crippen LogP contribution in [0.5, 0.6) is 0 Å². The molecule has 156 valence electrons. The molecule has 0 bridgehead atoms. The van der Waals surface area contributed by atoms with Gasteiger partial charge in [-0.25, -0.2) is 9.78 Å². The van der Waals surface area contributed by atoms with Gasteiger partial charge in [0.1, 0.15) is 11.6 Å². The van der Waals surface area contributed by atoms with Crippen LogP contribution in [0.1, 0.15) is 31.4 Å². The number of benzene rings is 2. The van der Waals surface area contributed by atoms with Crippen LogP contribution in [0.3, 0.4) is 0 Å². The Labute approximate surface area is 188 Å². The van der Waals surface area contributed by atoms with E-state index in [0.717, 1.165) is 4.47 Å². The van der Waals surface area contributed by atoms with E-state index >= 15 is 0 Å². The molecule has 1 N–H and O–H groups in total. The third-order valence-electron chi connectivity index (χ3n) is 4.23. The molecule has 2 aromatic heterocycles. The van der Waals surface area contributed by atoms with Crippen LogP contribution >= 0.6 is 27.3 Å². The lowest BCUT2D eigenvalue weighted by atomic mass is 10.1. The first-order valence-corrected chi connectivity index (χ1v) is 10.7. The summed E-state index contributed by atoms with van der Waals surface area (Å²) in [7, 11) is 0. The number of carbonyl (C=O) groups excluding carboxylic acids is 2. The number of rotatable bonds is 5. The van der Waals surface area contributed by atoms with Gasteiger partial charge < -0.3 is 10.1 Å². The van der Waals surface area contributed by atoms with E-state index in [1.807, 2.05) is 6.07 Å². The molecule has 4 aromatic rings. The van der Waals surface area contributed by atoms with Crippen molar-refractivity contribution in [3.63, 3.8) is 0 Å². The van der Waals surface area contributed by atoms with Gasteiger partial charge in [0.05, 0.1) is 16.9 Å². The first kappa shape index (κ1) is 20.9. The number of nitrogens with zero attached hydrogens (tertiary/aromatic N) is 3. The number of aromatic nitrogens is 3. The lowest BCUT2D eigenvalue weighted by Crippen LogP contribution is -2.18. The van der Waals surface area contributed by atoms with Crippen LogP contribution in [-0.4, -0.2) is 26.5 Å². The first-order valence-electron chi connectivity index (χ1n) is 9.10. The highest BCUT2D eigenvalue weighted by Crippen LogP contribution is 2.19. The molecule has 0 aliphatic heterocycles. The highest BCUT2D eigenvalue weighted by Gasteiger charge is 2.16. The van der Waals surface area contributed by atoms with Gasteiger partial charge in [-0.15, -0.1) is 0 Å². The SMILES string of the molecule is Cc1nn2c(=O)cc(COC(=O)c3ccccc3NC(=O)c3cccc(Br)c3)nc2s1. The van der Waals surface area contributed by atoms with E-state index in [0.29, 0.717) is 26.9 Å². The van der Waals surface area contributed by atoms with Gasteiger partial charge in [-0.3, -0.25) is 9.59 Å². The number of carbonyl (C=O) groups is 2. The summed E-state index contributed by atoms with van der Waals surface area (Å²) < 4.78 is 7.32. The lowest BCUT2D eigenvalue weighted by molar-refractivity contribution is 0.0469. The highest BCUT2D eigenvalue weighted by molar-refractivity contribution is 9.10. The van der Waals surface area contributed by atoms with E-state index in [-0.39, 0.29) is 23.6 Å². The van der Waals surface area contributed by atoms with Crippen molar-refractivity contribution in [3.05, 3.63) is 91.3 Å². The van der Waals surface area contributed by atoms with Gasteiger partial charge in [-0.1, -0.05) is 45.5 Å². The zero-order valence-electron chi connectivity index (χ0n) is 16.2. The molecule has 31 heavy (non-hydrogen) atoms. The Hall–Kier alpha value is -3.37. The van der Waals surface area contributed by atoms with Gasteiger partial charge in [0, 0.05) is 16.1 Å². The van der Waals surface area contributed by atoms with Crippen molar-refractivity contribution in [1.82, 2.24) is 14.6 Å². The maximum Gasteiger partial charge on any atom is 0.340 e. The van der Waals surface area contributed by atoms with Crippen molar-refractivity contribution < 1.29 is 14.3 Å². The highest BCUT2D eigenvalue weighted by atomic mass is 79.9. The summed E-state index contributed by atoms with van der Waals surface area (Å²) in [6, 6.07) is 14.7. The molecule has 2 heterocycles. The molecule has 0 unspecified atom stereocenters. The van der Waals surface area contributed by atoms with Crippen molar-refractivity contribution in [1.29, 1.82) is 0 Å². The minimum absolute atomic E-state index is 0.185. The molecule has 10 heteroatoms. The summed E-state index contributed by atoms with van der Waals surface area (Å²) in [5, 5.41) is 7.51. The van der Waals surface area contributed by atoms with E-state index in [2.05, 4.69) is 31.3 Å². The Bertz CT molecular complexity index is 1370. The maximum atomic E-state index is 12.7. The monoisotopic (exact) mass is 498 g/mol. The van der Waals surface area contributed by atoms with Gasteiger partial charge in [-0.2, -0.15) is 9.61 Å². The second-order valence-electron chi connectivity index (χ2n) is 6.49. The summed E-state index contributed by atoms with van der Waals surface area (Å²) >= 11 is 4.60. The largest absolute Gasteiger partial charge is 0.456 e. The smallest absolute Gasteiger partial charge is 0.340 e. The molecule has 1 amide bonds. The minimum atomic E-state index is -0.646. The number of amides is 1. The predicted molar refractivity (Wildman–Crippen MR) is 120 cm³/mol. The molecular weight excluding hydrogens is 484 g/mol. The van der Waals surface area contributed by atoms with Crippen molar-refractivity contribution in [3.8, 4) is 0 Å². The third-order valence-corrected chi connectivity index (χ3v) is 5.55. The van der Waals surface area contributed by atoms with Gasteiger partial charge >= 0.3 is 5.97 Å². The predicted octanol–water partition coefficient (Wildman–Crippen LogP) is 3.83. The first-order chi connectivity index (χ1) is 14.9. The van der Waals surface area contributed by atoms with Gasteiger partial charge in [0.15, 0.2) is 0 Å². The number of anilines is 1. The molecule has 0 saturated carbocycles. The number of nitrogens with one attached hydrogen (secondary N) is 1. The molecule has 0 fully saturated rings. The molecular formula is C21H15BrN4O4S. The van der Waals surface area contributed by atoms with Crippen molar-refractivity contribution in [2.75, 3.05) is 5.32 Å². The Morgan fingerprint density at radius 3 is 2.77 bits per heavy atom. The van der Waals surface area contributed by atoms with Crippen LogP contribution in [-0.2, 0) is 11.3 Å². The number of para-hydroxylation sites is 1. The molecule has 4 rings (SSSR count). The van der Waals surface area contributed by atoms with Crippen LogP contribution < -0.4 is 10.9 Å². The zero-order valence-corrected chi connectivity index (χ0v) is 18.6. The normalized spacial score (nSPS) is 10.8. The average Bonchev–Trinajstić information content (AvgIpc) is 3.13. The fraction of sp³-hybridized carbons (Fsp3) is 0.0952. The minimum Gasteiger partial charge on any atom is -0.456 e. The van der Waals surface area contributed by atoms with E-state index in [4.69, 9.17) is 4.74 Å². The second kappa shape index (κ2) is 8.78. The van der Waals surface area contributed by atoms with Crippen LogP contribution in [0.25, 0.3) is 4.96 Å². The van der Waals surface area contributed by atoms with E-state index in [9.17, 15) is 14.4 Å². The van der Waals surface area contributed by atoms with Crippen molar-refractivity contribution in [2.24, 2.45) is 0 Å². The standard InChI is InChI=1S/C21H15BrN4O4S/c1-12-25-26-18(27)10-15(23-21(26)31-12)11-30-20(29)16-7-2-3-8-17(16)24-19(28)13-5-4-6-14(22)9-13/h2-10H,11H2,1H3,(H,24,28). The number of hydrogen-bond donors (Lipinski definition) is 1. The maximum absolute atomic E-state index is 12.7. The van der Waals surface area contributed by atoms with Gasteiger partial charge in [-0.05, 0) is 37.3 Å². The molecule has 0 aliphatic rings. The number of halogens is 1. The van der Waals surface area contributed by atoms with Crippen molar-refractivity contribution in [2.45, 2.75) is 13.5 Å². The summed E-state index contributed by atoms with van der Waals surface area (Å²) in [5.41, 5.74) is 0.923. The van der Waals surface area contributed by atoms with E-state index in [1.165, 1.54) is 21.9 Å². The zero-order chi connectivity index (χ0) is 22.0. The second-order valence-corrected chi connectivity index (χ2v) is 8.56. The summed E-state index contributed by atoms with van der Waals surface area (Å²) in [6.07, 6.45) is 0. The Balaban J connectivity index is 1.50. The number of fused-ring (bicyclic) bond motifs is 1. The number of aryl methyl sites for hydroxylation is 1. The Morgan fingerprint density at radius 1 is 1.16 bits per heavy atom. The van der Waals surface area contributed by atoms with Crippen LogP contribution in [0, 0.1) is 6.92 Å². The summed E-state index contributed by atoms with van der Waals surface area (Å²) in [4.78, 5) is 42.1. The molecule has 0 saturated heterocycles. The molecule has 0 radical (unpaired) electrons. The number of ether oxygens (including phenoxy) is 1. The third kappa shape index (κ3) is 4.70. The van der Waals surface area contributed by atoms with E-state index in [1.54, 1.807) is 49.4 Å². The lowest BCUT2D eigenvalue weighted by Gasteiger charge is -2.11. The van der Waals surface area contributed by atoms with E-state index < -0.39 is 5.97 Å². The Morgan fingerprint density at radius 2 is 1.97 bits per heavy atom. The van der Waals surface area contributed by atoms with Crippen molar-refractivity contribution >= 4 is 49.8 Å². The van der Waals surface area contributed by atoms with Gasteiger partial charge in [0.2, 0.25) is 4.96 Å². The summed E-state index contributed by atoms with van der Waals surface area (Å²) in [5.74, 6) is -1.00. The fourth-order valence-electron chi connectivity index (χ4n) is 2.84. The topological polar surface area (TPSA) is 103 Å². The quantitative estimate of drug-likeness (QED) is 0.419. The fourth-order valence-corrected chi connectivity index (χ4v) is 4.00. The van der Waals surface area contributed by atoms with Crippen LogP contribution in [0.4, 0.5) is 5.69 Å². The molecule has 0 spiro atoms. The molecule has 8 nitrogen and oxygen atoms in total. The average molecular weight is 499 g/mol. The number of esters is 1. The summed E-state index contributed by atoms with van der Waals surface area (Å²) in [6.45, 7) is 1.59.